The molecule has 2 N–H and O–H groups in total. The Hall–Kier alpha value is -0.200. The highest BCUT2D eigenvalue weighted by molar-refractivity contribution is 4.99. The van der Waals surface area contributed by atoms with E-state index in [4.69, 9.17) is 19.9 Å². The molecule has 1 fully saturated rings. The van der Waals surface area contributed by atoms with E-state index >= 15 is 0 Å². The summed E-state index contributed by atoms with van der Waals surface area (Å²) in [5.74, 6) is 0. The van der Waals surface area contributed by atoms with E-state index in [1.807, 2.05) is 0 Å². The maximum absolute atomic E-state index is 5.93. The molecular formula is C12H26N2O3. The number of rotatable bonds is 6. The van der Waals surface area contributed by atoms with Crippen LogP contribution >= 0.6 is 0 Å². The fourth-order valence-electron chi connectivity index (χ4n) is 2.42. The van der Waals surface area contributed by atoms with Crippen LogP contribution in [0, 0.1) is 0 Å². The molecule has 0 aliphatic carbocycles. The monoisotopic (exact) mass is 246 g/mol. The SMILES string of the molecule is COC1CN(C(C)(CN)C(C)OC)CC1OC. The van der Waals surface area contributed by atoms with Crippen molar-refractivity contribution in [3.8, 4) is 0 Å². The third-order valence-corrected chi connectivity index (χ3v) is 4.19. The van der Waals surface area contributed by atoms with Crippen molar-refractivity contribution < 1.29 is 14.2 Å². The molecule has 0 aromatic carbocycles. The van der Waals surface area contributed by atoms with E-state index in [1.54, 1.807) is 21.3 Å². The summed E-state index contributed by atoms with van der Waals surface area (Å²) < 4.78 is 16.4. The highest BCUT2D eigenvalue weighted by Gasteiger charge is 2.44. The Morgan fingerprint density at radius 2 is 1.71 bits per heavy atom. The van der Waals surface area contributed by atoms with Gasteiger partial charge in [0.25, 0.3) is 0 Å². The summed E-state index contributed by atoms with van der Waals surface area (Å²) in [7, 11) is 5.16. The van der Waals surface area contributed by atoms with E-state index in [1.165, 1.54) is 0 Å². The average Bonchev–Trinajstić information content (AvgIpc) is 2.80. The Bertz CT molecular complexity index is 228. The van der Waals surface area contributed by atoms with Gasteiger partial charge in [-0.15, -0.1) is 0 Å². The van der Waals surface area contributed by atoms with E-state index in [0.717, 1.165) is 13.1 Å². The summed E-state index contributed by atoms with van der Waals surface area (Å²) in [6.07, 6.45) is 0.283. The lowest BCUT2D eigenvalue weighted by Gasteiger charge is -2.41. The summed E-state index contributed by atoms with van der Waals surface area (Å²) >= 11 is 0. The second kappa shape index (κ2) is 6.11. The second-order valence-electron chi connectivity index (χ2n) is 4.89. The highest BCUT2D eigenvalue weighted by Crippen LogP contribution is 2.27. The fourth-order valence-corrected chi connectivity index (χ4v) is 2.42. The van der Waals surface area contributed by atoms with E-state index < -0.39 is 0 Å². The maximum atomic E-state index is 5.93. The molecule has 5 nitrogen and oxygen atoms in total. The van der Waals surface area contributed by atoms with Crippen molar-refractivity contribution in [2.24, 2.45) is 5.73 Å². The molecule has 17 heavy (non-hydrogen) atoms. The van der Waals surface area contributed by atoms with Gasteiger partial charge in [0, 0.05) is 41.0 Å². The third kappa shape index (κ3) is 2.80. The third-order valence-electron chi connectivity index (χ3n) is 4.19. The zero-order chi connectivity index (χ0) is 13.1. The van der Waals surface area contributed by atoms with Crippen LogP contribution in [0.4, 0.5) is 0 Å². The molecule has 0 bridgehead atoms. The van der Waals surface area contributed by atoms with Crippen LogP contribution in [-0.2, 0) is 14.2 Å². The van der Waals surface area contributed by atoms with E-state index in [0.29, 0.717) is 6.54 Å². The number of nitrogens with two attached hydrogens (primary N) is 1. The molecule has 4 atom stereocenters. The number of ether oxygens (including phenoxy) is 3. The highest BCUT2D eigenvalue weighted by atomic mass is 16.5. The topological polar surface area (TPSA) is 57.0 Å². The minimum Gasteiger partial charge on any atom is -0.380 e. The molecule has 4 unspecified atom stereocenters. The largest absolute Gasteiger partial charge is 0.380 e. The predicted molar refractivity (Wildman–Crippen MR) is 67.1 cm³/mol. The Labute approximate surface area is 104 Å². The van der Waals surface area contributed by atoms with E-state index in [-0.39, 0.29) is 23.9 Å². The van der Waals surface area contributed by atoms with Gasteiger partial charge < -0.3 is 19.9 Å². The molecule has 0 saturated carbocycles. The number of nitrogens with zero attached hydrogens (tertiary/aromatic N) is 1. The first-order chi connectivity index (χ1) is 8.03. The molecule has 1 saturated heterocycles. The van der Waals surface area contributed by atoms with Crippen LogP contribution in [0.3, 0.4) is 0 Å². The van der Waals surface area contributed by atoms with Crippen molar-refractivity contribution in [3.63, 3.8) is 0 Å². The lowest BCUT2D eigenvalue weighted by Crippen LogP contribution is -2.58. The molecule has 0 spiro atoms. The average molecular weight is 246 g/mol. The van der Waals surface area contributed by atoms with Crippen LogP contribution in [0.15, 0.2) is 0 Å². The van der Waals surface area contributed by atoms with Gasteiger partial charge in [-0.05, 0) is 13.8 Å². The van der Waals surface area contributed by atoms with Crippen LogP contribution < -0.4 is 5.73 Å². The smallest absolute Gasteiger partial charge is 0.0972 e. The van der Waals surface area contributed by atoms with Crippen molar-refractivity contribution >= 4 is 0 Å². The van der Waals surface area contributed by atoms with Gasteiger partial charge in [-0.3, -0.25) is 4.90 Å². The summed E-state index contributed by atoms with van der Waals surface area (Å²) in [4.78, 5) is 2.31. The number of likely N-dealkylation sites (tertiary alicyclic amines) is 1. The molecule has 1 aliphatic heterocycles. The first-order valence-electron chi connectivity index (χ1n) is 6.07. The van der Waals surface area contributed by atoms with Gasteiger partial charge in [-0.1, -0.05) is 0 Å². The second-order valence-corrected chi connectivity index (χ2v) is 4.89. The van der Waals surface area contributed by atoms with Crippen LogP contribution in [0.25, 0.3) is 0 Å². The standard InChI is InChI=1S/C12H26N2O3/c1-9(15-3)12(2,8-13)14-6-10(16-4)11(7-14)17-5/h9-11H,6-8,13H2,1-5H3. The first kappa shape index (κ1) is 14.9. The van der Waals surface area contributed by atoms with Crippen molar-refractivity contribution in [1.29, 1.82) is 0 Å². The molecule has 1 aliphatic rings. The molecule has 0 aromatic rings. The van der Waals surface area contributed by atoms with Crippen molar-refractivity contribution in [3.05, 3.63) is 0 Å². The number of methoxy groups -OCH3 is 3. The number of hydrogen-bond acceptors (Lipinski definition) is 5. The molecule has 5 heteroatoms. The number of hydrogen-bond donors (Lipinski definition) is 1. The summed E-state index contributed by atoms with van der Waals surface area (Å²) in [5, 5.41) is 0. The fraction of sp³-hybridized carbons (Fsp3) is 1.00. The molecule has 1 rings (SSSR count). The lowest BCUT2D eigenvalue weighted by atomic mass is 9.94. The van der Waals surface area contributed by atoms with Gasteiger partial charge in [-0.2, -0.15) is 0 Å². The Morgan fingerprint density at radius 1 is 1.24 bits per heavy atom. The Kier molecular flexibility index (Phi) is 5.34. The van der Waals surface area contributed by atoms with E-state index in [2.05, 4.69) is 18.7 Å². The van der Waals surface area contributed by atoms with Gasteiger partial charge >= 0.3 is 0 Å². The Morgan fingerprint density at radius 3 is 2.00 bits per heavy atom. The quantitative estimate of drug-likeness (QED) is 0.719. The molecule has 102 valence electrons. The molecule has 0 aromatic heterocycles. The summed E-state index contributed by atoms with van der Waals surface area (Å²) in [5.41, 5.74) is 5.75. The van der Waals surface area contributed by atoms with Gasteiger partial charge in [-0.25, -0.2) is 0 Å². The molecular weight excluding hydrogens is 220 g/mol. The molecule has 0 radical (unpaired) electrons. The van der Waals surface area contributed by atoms with Gasteiger partial charge in [0.05, 0.1) is 23.9 Å². The minimum absolute atomic E-state index is 0.0700. The first-order valence-corrected chi connectivity index (χ1v) is 6.07. The molecule has 0 amide bonds. The van der Waals surface area contributed by atoms with Gasteiger partial charge in [0.15, 0.2) is 0 Å². The normalized spacial score (nSPS) is 31.4. The van der Waals surface area contributed by atoms with E-state index in [9.17, 15) is 0 Å². The zero-order valence-electron chi connectivity index (χ0n) is 11.6. The van der Waals surface area contributed by atoms with Crippen molar-refractivity contribution in [1.82, 2.24) is 4.90 Å². The molecule has 1 heterocycles. The summed E-state index contributed by atoms with van der Waals surface area (Å²) in [6.45, 7) is 6.39. The lowest BCUT2D eigenvalue weighted by molar-refractivity contribution is -0.0277. The van der Waals surface area contributed by atoms with Crippen molar-refractivity contribution in [2.45, 2.75) is 37.7 Å². The summed E-state index contributed by atoms with van der Waals surface area (Å²) in [6, 6.07) is 0. The van der Waals surface area contributed by atoms with Gasteiger partial charge in [0.1, 0.15) is 0 Å². The van der Waals surface area contributed by atoms with Crippen LogP contribution in [0.5, 0.6) is 0 Å². The van der Waals surface area contributed by atoms with Crippen LogP contribution in [-0.4, -0.2) is 69.7 Å². The predicted octanol–water partition coefficient (Wildman–Crippen LogP) is 0.0843. The Balaban J connectivity index is 2.78. The van der Waals surface area contributed by atoms with Crippen LogP contribution in [0.2, 0.25) is 0 Å². The van der Waals surface area contributed by atoms with Crippen molar-refractivity contribution in [2.75, 3.05) is 41.0 Å². The van der Waals surface area contributed by atoms with Crippen LogP contribution in [0.1, 0.15) is 13.8 Å². The zero-order valence-corrected chi connectivity index (χ0v) is 11.6. The van der Waals surface area contributed by atoms with Gasteiger partial charge in [0.2, 0.25) is 0 Å². The maximum Gasteiger partial charge on any atom is 0.0972 e. The minimum atomic E-state index is -0.182.